The summed E-state index contributed by atoms with van der Waals surface area (Å²) in [5.41, 5.74) is 2.02. The lowest BCUT2D eigenvalue weighted by Crippen LogP contribution is -2.31. The third-order valence-electron chi connectivity index (χ3n) is 10.3. The number of hydrogen-bond acceptors (Lipinski definition) is 3. The van der Waals surface area contributed by atoms with Crippen molar-refractivity contribution >= 4 is 11.5 Å². The van der Waals surface area contributed by atoms with Crippen molar-refractivity contribution in [3.05, 3.63) is 82.5 Å². The van der Waals surface area contributed by atoms with E-state index in [0.29, 0.717) is 73.5 Å². The van der Waals surface area contributed by atoms with Gasteiger partial charge >= 0.3 is 5.97 Å². The molecule has 2 aromatic rings. The average Bonchev–Trinajstić information content (AvgIpc) is 3.06. The van der Waals surface area contributed by atoms with Crippen LogP contribution in [0.5, 0.6) is 5.75 Å². The summed E-state index contributed by atoms with van der Waals surface area (Å²) in [7, 11) is 0. The number of halogens is 4. The molecule has 0 heterocycles. The van der Waals surface area contributed by atoms with Gasteiger partial charge in [-0.2, -0.15) is 4.39 Å². The van der Waals surface area contributed by atoms with Gasteiger partial charge in [0.1, 0.15) is 6.10 Å². The molecule has 0 saturated heterocycles. The van der Waals surface area contributed by atoms with Crippen LogP contribution >= 0.6 is 0 Å². The van der Waals surface area contributed by atoms with Gasteiger partial charge in [-0.1, -0.05) is 30.4 Å². The van der Waals surface area contributed by atoms with E-state index in [1.54, 1.807) is 25.1 Å². The van der Waals surface area contributed by atoms with E-state index in [0.717, 1.165) is 44.1 Å². The molecule has 0 bridgehead atoms. The molecule has 3 nitrogen and oxygen atoms in total. The molecule has 7 heteroatoms. The maximum atomic E-state index is 14.9. The predicted molar refractivity (Wildman–Crippen MR) is 169 cm³/mol. The second-order valence-electron chi connectivity index (χ2n) is 13.0. The summed E-state index contributed by atoms with van der Waals surface area (Å²) < 4.78 is 69.8. The molecule has 0 aromatic heterocycles. The van der Waals surface area contributed by atoms with Gasteiger partial charge in [-0.25, -0.2) is 13.2 Å². The van der Waals surface area contributed by atoms with Gasteiger partial charge in [-0.05, 0) is 144 Å². The molecule has 0 spiro atoms. The molecule has 45 heavy (non-hydrogen) atoms. The Kier molecular flexibility index (Phi) is 11.4. The van der Waals surface area contributed by atoms with Crippen molar-refractivity contribution in [1.82, 2.24) is 0 Å². The highest BCUT2D eigenvalue weighted by molar-refractivity contribution is 5.72. The number of hydrogen-bond donors (Lipinski definition) is 0. The lowest BCUT2D eigenvalue weighted by atomic mass is 9.71. The molecule has 2 aromatic carbocycles. The summed E-state index contributed by atoms with van der Waals surface area (Å²) in [5.74, 6) is -2.60. The number of carbonyl (C=O) groups is 1. The molecule has 2 fully saturated rings. The van der Waals surface area contributed by atoms with Crippen LogP contribution in [0.1, 0.15) is 114 Å². The quantitative estimate of drug-likeness (QED) is 0.150. The van der Waals surface area contributed by atoms with Crippen LogP contribution in [0.2, 0.25) is 0 Å². The van der Waals surface area contributed by atoms with Gasteiger partial charge < -0.3 is 9.47 Å². The number of aryl methyl sites for hydroxylation is 1. The van der Waals surface area contributed by atoms with Gasteiger partial charge in [-0.3, -0.25) is 4.79 Å². The molecule has 244 valence electrons. The first-order chi connectivity index (χ1) is 21.8. The van der Waals surface area contributed by atoms with Crippen molar-refractivity contribution < 1.29 is 31.8 Å². The second kappa shape index (κ2) is 15.5. The molecule has 0 N–H and O–H groups in total. The maximum absolute atomic E-state index is 14.9. The van der Waals surface area contributed by atoms with Crippen LogP contribution in [-0.2, 0) is 16.0 Å². The molecule has 1 unspecified atom stereocenters. The minimum atomic E-state index is -0.930. The van der Waals surface area contributed by atoms with Gasteiger partial charge in [0.15, 0.2) is 23.2 Å². The van der Waals surface area contributed by atoms with Crippen molar-refractivity contribution in [2.45, 2.75) is 109 Å². The average molecular weight is 627 g/mol. The highest BCUT2D eigenvalue weighted by Crippen LogP contribution is 2.43. The SMILES string of the molecule is C/C=C/CCc1ccc(C2CCC(OC(=O)C3CCC(C4CC=C(c5ccc(OCC)c(F)c5F)CC4)CC3)CC2)c(F)c1F. The van der Waals surface area contributed by atoms with Crippen molar-refractivity contribution in [3.63, 3.8) is 0 Å². The van der Waals surface area contributed by atoms with Gasteiger partial charge in [0.2, 0.25) is 5.82 Å². The Morgan fingerprint density at radius 1 is 0.844 bits per heavy atom. The fourth-order valence-corrected chi connectivity index (χ4v) is 7.67. The Hall–Kier alpha value is -3.09. The Balaban J connectivity index is 1.06. The number of allylic oxidation sites excluding steroid dienone is 4. The summed E-state index contributed by atoms with van der Waals surface area (Å²) >= 11 is 0. The molecule has 0 radical (unpaired) electrons. The van der Waals surface area contributed by atoms with Crippen molar-refractivity contribution in [1.29, 1.82) is 0 Å². The topological polar surface area (TPSA) is 35.5 Å². The first-order valence-corrected chi connectivity index (χ1v) is 16.9. The van der Waals surface area contributed by atoms with E-state index in [-0.39, 0.29) is 36.3 Å². The molecule has 1 atom stereocenters. The maximum Gasteiger partial charge on any atom is 0.309 e. The Labute approximate surface area is 265 Å². The van der Waals surface area contributed by atoms with Crippen LogP contribution in [0.15, 0.2) is 42.5 Å². The molecule has 5 rings (SSSR count). The lowest BCUT2D eigenvalue weighted by molar-refractivity contribution is -0.157. The number of esters is 1. The molecule has 0 amide bonds. The van der Waals surface area contributed by atoms with Gasteiger partial charge in [0.25, 0.3) is 0 Å². The predicted octanol–water partition coefficient (Wildman–Crippen LogP) is 10.4. The fraction of sp³-hybridized carbons (Fsp3) is 0.553. The zero-order valence-electron chi connectivity index (χ0n) is 26.6. The normalized spacial score (nSPS) is 25.6. The van der Waals surface area contributed by atoms with Gasteiger partial charge in [-0.15, -0.1) is 0 Å². The van der Waals surface area contributed by atoms with E-state index in [1.807, 2.05) is 19.1 Å². The zero-order valence-corrected chi connectivity index (χ0v) is 26.6. The van der Waals surface area contributed by atoms with Gasteiger partial charge in [0.05, 0.1) is 12.5 Å². The third kappa shape index (κ3) is 7.84. The Morgan fingerprint density at radius 2 is 1.60 bits per heavy atom. The van der Waals surface area contributed by atoms with Crippen molar-refractivity contribution in [2.75, 3.05) is 6.61 Å². The zero-order chi connectivity index (χ0) is 31.9. The number of ether oxygens (including phenoxy) is 2. The molecule has 2 saturated carbocycles. The van der Waals surface area contributed by atoms with Crippen LogP contribution < -0.4 is 4.74 Å². The summed E-state index contributed by atoms with van der Waals surface area (Å²) in [6.07, 6.45) is 15.5. The van der Waals surface area contributed by atoms with Crippen molar-refractivity contribution in [3.8, 4) is 5.75 Å². The van der Waals surface area contributed by atoms with Crippen LogP contribution in [-0.4, -0.2) is 18.7 Å². The standard InChI is InChI=1S/C38H46F4O3/c1-3-5-6-7-28-18-21-31(35(40)34(28)39)27-16-19-30(20-17-27)45-38(43)29-14-10-25(11-15-29)24-8-12-26(13-9-24)32-22-23-33(44-4-2)37(42)36(32)41/h3,5,12,18,21-25,27,29-30H,4,6-11,13-17,19-20H2,1-2H3/b5-3+. The first kappa shape index (κ1) is 33.3. The smallest absolute Gasteiger partial charge is 0.309 e. The molecule has 0 aliphatic heterocycles. The van der Waals surface area contributed by atoms with Crippen LogP contribution in [0.25, 0.3) is 5.57 Å². The van der Waals surface area contributed by atoms with E-state index in [1.165, 1.54) is 6.07 Å². The third-order valence-corrected chi connectivity index (χ3v) is 10.3. The van der Waals surface area contributed by atoms with E-state index in [9.17, 15) is 22.4 Å². The van der Waals surface area contributed by atoms with E-state index >= 15 is 0 Å². The van der Waals surface area contributed by atoms with Crippen LogP contribution in [0.3, 0.4) is 0 Å². The first-order valence-electron chi connectivity index (χ1n) is 16.9. The number of rotatable bonds is 10. The molecule has 3 aliphatic rings. The minimum Gasteiger partial charge on any atom is -0.491 e. The summed E-state index contributed by atoms with van der Waals surface area (Å²) in [6, 6.07) is 6.57. The summed E-state index contributed by atoms with van der Waals surface area (Å²) in [6.45, 7) is 3.92. The number of benzene rings is 2. The summed E-state index contributed by atoms with van der Waals surface area (Å²) in [4.78, 5) is 13.0. The highest BCUT2D eigenvalue weighted by Gasteiger charge is 2.35. The van der Waals surface area contributed by atoms with Crippen molar-refractivity contribution in [2.24, 2.45) is 17.8 Å². The molecular formula is C38H46F4O3. The Bertz CT molecular complexity index is 1380. The summed E-state index contributed by atoms with van der Waals surface area (Å²) in [5, 5.41) is 0. The molecular weight excluding hydrogens is 580 g/mol. The minimum absolute atomic E-state index is 0.0555. The van der Waals surface area contributed by atoms with Gasteiger partial charge in [0, 0.05) is 5.56 Å². The fourth-order valence-electron chi connectivity index (χ4n) is 7.67. The second-order valence-corrected chi connectivity index (χ2v) is 13.0. The highest BCUT2D eigenvalue weighted by atomic mass is 19.2. The largest absolute Gasteiger partial charge is 0.491 e. The van der Waals surface area contributed by atoms with Crippen LogP contribution in [0.4, 0.5) is 17.6 Å². The number of carbonyl (C=O) groups excluding carboxylic acids is 1. The van der Waals surface area contributed by atoms with E-state index in [4.69, 9.17) is 9.47 Å². The van der Waals surface area contributed by atoms with Crippen LogP contribution in [0, 0.1) is 41.0 Å². The molecule has 3 aliphatic carbocycles. The Morgan fingerprint density at radius 3 is 2.27 bits per heavy atom. The lowest BCUT2D eigenvalue weighted by Gasteiger charge is -2.36. The van der Waals surface area contributed by atoms with E-state index in [2.05, 4.69) is 6.08 Å². The van der Waals surface area contributed by atoms with E-state index < -0.39 is 23.3 Å². The monoisotopic (exact) mass is 626 g/mol.